The molecule has 1 aromatic rings. The van der Waals surface area contributed by atoms with Gasteiger partial charge in [-0.1, -0.05) is 73.4 Å². The van der Waals surface area contributed by atoms with E-state index in [1.807, 2.05) is 26.0 Å². The quantitative estimate of drug-likeness (QED) is 0.578. The number of benzene rings is 1. The normalized spacial score (nSPS) is 13.4. The Bertz CT molecular complexity index is 537. The molecule has 0 amide bonds. The number of hydrogen-bond donors (Lipinski definition) is 0. The molecule has 0 aliphatic carbocycles. The molecule has 0 atom stereocenters. The van der Waals surface area contributed by atoms with Gasteiger partial charge in [0.15, 0.2) is 0 Å². The third kappa shape index (κ3) is 3.96. The Morgan fingerprint density at radius 2 is 1.42 bits per heavy atom. The van der Waals surface area contributed by atoms with Gasteiger partial charge in [0, 0.05) is 0 Å². The summed E-state index contributed by atoms with van der Waals surface area (Å²) in [6.45, 7) is 9.94. The molecular formula is C19H22. The molecule has 0 saturated heterocycles. The van der Waals surface area contributed by atoms with Gasteiger partial charge >= 0.3 is 0 Å². The summed E-state index contributed by atoms with van der Waals surface area (Å²) in [5, 5.41) is 0. The van der Waals surface area contributed by atoms with E-state index >= 15 is 0 Å². The van der Waals surface area contributed by atoms with E-state index in [0.29, 0.717) is 0 Å². The first-order chi connectivity index (χ1) is 9.28. The molecule has 0 bridgehead atoms. The predicted octanol–water partition coefficient (Wildman–Crippen LogP) is 5.81. The van der Waals surface area contributed by atoms with Gasteiger partial charge in [-0.05, 0) is 43.0 Å². The van der Waals surface area contributed by atoms with Crippen LogP contribution in [0.1, 0.15) is 31.9 Å². The molecule has 0 aliphatic heterocycles. The summed E-state index contributed by atoms with van der Waals surface area (Å²) < 4.78 is 0. The van der Waals surface area contributed by atoms with Crippen molar-refractivity contribution in [3.05, 3.63) is 84.5 Å². The molecule has 1 rings (SSSR count). The zero-order valence-electron chi connectivity index (χ0n) is 12.1. The molecule has 0 fully saturated rings. The Morgan fingerprint density at radius 3 is 1.89 bits per heavy atom. The van der Waals surface area contributed by atoms with Crippen molar-refractivity contribution >= 4 is 11.1 Å². The number of allylic oxidation sites excluding steroid dienone is 9. The smallest absolute Gasteiger partial charge is 0.0106 e. The lowest BCUT2D eigenvalue weighted by molar-refractivity contribution is 1.52. The van der Waals surface area contributed by atoms with Crippen LogP contribution < -0.4 is 0 Å². The minimum Gasteiger partial charge on any atom is -0.0990 e. The number of hydrogen-bond acceptors (Lipinski definition) is 0. The van der Waals surface area contributed by atoms with Crippen LogP contribution in [0.15, 0.2) is 73.4 Å². The van der Waals surface area contributed by atoms with E-state index in [0.717, 1.165) is 0 Å². The Labute approximate surface area is 117 Å². The second kappa shape index (κ2) is 8.10. The van der Waals surface area contributed by atoms with E-state index in [4.69, 9.17) is 0 Å². The summed E-state index contributed by atoms with van der Waals surface area (Å²) in [4.78, 5) is 0. The minimum absolute atomic E-state index is 1.18. The molecule has 0 aromatic heterocycles. The van der Waals surface area contributed by atoms with Gasteiger partial charge in [-0.2, -0.15) is 0 Å². The van der Waals surface area contributed by atoms with E-state index in [-0.39, 0.29) is 0 Å². The van der Waals surface area contributed by atoms with Gasteiger partial charge in [-0.25, -0.2) is 0 Å². The third-order valence-corrected chi connectivity index (χ3v) is 2.85. The molecule has 19 heavy (non-hydrogen) atoms. The van der Waals surface area contributed by atoms with E-state index in [1.165, 1.54) is 22.3 Å². The van der Waals surface area contributed by atoms with E-state index < -0.39 is 0 Å². The molecule has 98 valence electrons. The standard InChI is InChI=1S/C19H22/c1-5-11-16(8-4)18-14-9-10-15-19(18)17(12-6-2)13-7-3/h5-15H,2H2,1,3-4H3/b11-5-,13-7-,16-8+,17-12+. The first-order valence-electron chi connectivity index (χ1n) is 6.62. The summed E-state index contributed by atoms with van der Waals surface area (Å²) in [5.74, 6) is 0. The average molecular weight is 250 g/mol. The van der Waals surface area contributed by atoms with Crippen LogP contribution in [0.5, 0.6) is 0 Å². The molecule has 0 spiro atoms. The highest BCUT2D eigenvalue weighted by atomic mass is 14.1. The highest BCUT2D eigenvalue weighted by Gasteiger charge is 2.06. The highest BCUT2D eigenvalue weighted by molar-refractivity contribution is 5.87. The van der Waals surface area contributed by atoms with Crippen LogP contribution in [0.25, 0.3) is 11.1 Å². The van der Waals surface area contributed by atoms with Crippen LogP contribution in [0.4, 0.5) is 0 Å². The molecule has 0 heteroatoms. The lowest BCUT2D eigenvalue weighted by Gasteiger charge is -2.11. The van der Waals surface area contributed by atoms with Crippen LogP contribution in [0.3, 0.4) is 0 Å². The van der Waals surface area contributed by atoms with Crippen LogP contribution in [0, 0.1) is 0 Å². The van der Waals surface area contributed by atoms with Gasteiger partial charge in [0.25, 0.3) is 0 Å². The molecule has 0 nitrogen and oxygen atoms in total. The van der Waals surface area contributed by atoms with Crippen molar-refractivity contribution in [2.45, 2.75) is 20.8 Å². The van der Waals surface area contributed by atoms with Crippen molar-refractivity contribution in [1.82, 2.24) is 0 Å². The van der Waals surface area contributed by atoms with Crippen molar-refractivity contribution < 1.29 is 0 Å². The van der Waals surface area contributed by atoms with Crippen molar-refractivity contribution in [1.29, 1.82) is 0 Å². The summed E-state index contributed by atoms with van der Waals surface area (Å²) in [6, 6.07) is 8.46. The van der Waals surface area contributed by atoms with Crippen LogP contribution in [-0.4, -0.2) is 0 Å². The average Bonchev–Trinajstić information content (AvgIpc) is 2.44. The third-order valence-electron chi connectivity index (χ3n) is 2.85. The largest absolute Gasteiger partial charge is 0.0990 e. The predicted molar refractivity (Wildman–Crippen MR) is 87.9 cm³/mol. The van der Waals surface area contributed by atoms with Crippen molar-refractivity contribution in [3.63, 3.8) is 0 Å². The van der Waals surface area contributed by atoms with Crippen molar-refractivity contribution in [2.75, 3.05) is 0 Å². The fraction of sp³-hybridized carbons (Fsp3) is 0.158. The van der Waals surface area contributed by atoms with Gasteiger partial charge in [0.05, 0.1) is 0 Å². The fourth-order valence-corrected chi connectivity index (χ4v) is 2.05. The first kappa shape index (κ1) is 15.0. The minimum atomic E-state index is 1.18. The SMILES string of the molecule is C=C/C=C(\C=C/C)c1ccccc1C(/C=C\C)=C/C. The summed E-state index contributed by atoms with van der Waals surface area (Å²) in [5.41, 5.74) is 4.88. The van der Waals surface area contributed by atoms with Gasteiger partial charge in [-0.3, -0.25) is 0 Å². The fourth-order valence-electron chi connectivity index (χ4n) is 2.05. The van der Waals surface area contributed by atoms with Crippen molar-refractivity contribution in [2.24, 2.45) is 0 Å². The lowest BCUT2D eigenvalue weighted by atomic mass is 9.93. The van der Waals surface area contributed by atoms with Gasteiger partial charge < -0.3 is 0 Å². The molecule has 0 aliphatic rings. The monoisotopic (exact) mass is 250 g/mol. The first-order valence-corrected chi connectivity index (χ1v) is 6.62. The Morgan fingerprint density at radius 1 is 0.895 bits per heavy atom. The molecule has 1 aromatic carbocycles. The van der Waals surface area contributed by atoms with Crippen LogP contribution in [0.2, 0.25) is 0 Å². The Hall–Kier alpha value is -2.08. The lowest BCUT2D eigenvalue weighted by Crippen LogP contribution is -1.90. The molecule has 0 heterocycles. The van der Waals surface area contributed by atoms with Crippen molar-refractivity contribution in [3.8, 4) is 0 Å². The second-order valence-electron chi connectivity index (χ2n) is 4.15. The molecule has 0 radical (unpaired) electrons. The van der Waals surface area contributed by atoms with E-state index in [2.05, 4.69) is 68.1 Å². The van der Waals surface area contributed by atoms with Gasteiger partial charge in [0.1, 0.15) is 0 Å². The topological polar surface area (TPSA) is 0 Å². The highest BCUT2D eigenvalue weighted by Crippen LogP contribution is 2.27. The van der Waals surface area contributed by atoms with Crippen LogP contribution >= 0.6 is 0 Å². The maximum atomic E-state index is 3.80. The Kier molecular flexibility index (Phi) is 6.38. The molecular weight excluding hydrogens is 228 g/mol. The summed E-state index contributed by atoms with van der Waals surface area (Å²) in [7, 11) is 0. The molecule has 0 N–H and O–H groups in total. The Balaban J connectivity index is 3.44. The molecule has 0 saturated carbocycles. The zero-order chi connectivity index (χ0) is 14.1. The van der Waals surface area contributed by atoms with Gasteiger partial charge in [-0.15, -0.1) is 0 Å². The molecule has 0 unspecified atom stereocenters. The van der Waals surface area contributed by atoms with Crippen LogP contribution in [-0.2, 0) is 0 Å². The maximum absolute atomic E-state index is 3.80. The van der Waals surface area contributed by atoms with Gasteiger partial charge in [0.2, 0.25) is 0 Å². The number of rotatable bonds is 5. The zero-order valence-corrected chi connectivity index (χ0v) is 12.1. The maximum Gasteiger partial charge on any atom is -0.0106 e. The summed E-state index contributed by atoms with van der Waals surface area (Å²) >= 11 is 0. The van der Waals surface area contributed by atoms with E-state index in [9.17, 15) is 0 Å². The van der Waals surface area contributed by atoms with E-state index in [1.54, 1.807) is 0 Å². The second-order valence-corrected chi connectivity index (χ2v) is 4.15. The summed E-state index contributed by atoms with van der Waals surface area (Å²) in [6.07, 6.45) is 14.4.